The Hall–Kier alpha value is -3.17. The minimum Gasteiger partial charge on any atom is -0.288 e. The molecule has 0 radical (unpaired) electrons. The van der Waals surface area contributed by atoms with E-state index in [9.17, 15) is 13.2 Å². The zero-order chi connectivity index (χ0) is 18.7. The molecule has 0 aliphatic heterocycles. The van der Waals surface area contributed by atoms with Crippen LogP contribution in [0.5, 0.6) is 0 Å². The molecule has 0 saturated carbocycles. The lowest BCUT2D eigenvalue weighted by Crippen LogP contribution is -2.14. The predicted molar refractivity (Wildman–Crippen MR) is 94.6 cm³/mol. The first-order valence-corrected chi connectivity index (χ1v) is 9.00. The average Bonchev–Trinajstić information content (AvgIpc) is 3.29. The molecule has 3 aromatic rings. The minimum atomic E-state index is -3.75. The van der Waals surface area contributed by atoms with Gasteiger partial charge in [0.15, 0.2) is 0 Å². The lowest BCUT2D eigenvalue weighted by molar-refractivity contribution is -0.124. The van der Waals surface area contributed by atoms with Gasteiger partial charge in [0.05, 0.1) is 10.6 Å². The molecule has 2 heterocycles. The van der Waals surface area contributed by atoms with Crippen molar-refractivity contribution in [2.24, 2.45) is 7.05 Å². The Bertz CT molecular complexity index is 1060. The molecule has 134 valence electrons. The fourth-order valence-corrected chi connectivity index (χ4v) is 3.54. The maximum atomic E-state index is 12.7. The molecule has 26 heavy (non-hydrogen) atoms. The van der Waals surface area contributed by atoms with Crippen molar-refractivity contribution in [3.63, 3.8) is 0 Å². The van der Waals surface area contributed by atoms with E-state index in [4.69, 9.17) is 5.21 Å². The molecule has 1 aromatic carbocycles. The first-order valence-electron chi connectivity index (χ1n) is 7.56. The first-order chi connectivity index (χ1) is 12.4. The van der Waals surface area contributed by atoms with Crippen LogP contribution in [0.15, 0.2) is 66.0 Å². The number of aryl methyl sites for hydroxylation is 1. The summed E-state index contributed by atoms with van der Waals surface area (Å²) in [6, 6.07) is 9.83. The smallest absolute Gasteiger partial charge is 0.267 e. The van der Waals surface area contributed by atoms with Crippen LogP contribution in [0.25, 0.3) is 17.3 Å². The molecule has 0 fully saturated rings. The SMILES string of the molecule is Cn1ccc(-c2ccc(S(=O)(=O)n3ccc(C=CC(=O)NO)c3)cc2)n1. The van der Waals surface area contributed by atoms with E-state index in [-0.39, 0.29) is 4.90 Å². The number of aromatic nitrogens is 3. The Kier molecular flexibility index (Phi) is 4.74. The average molecular weight is 372 g/mol. The Balaban J connectivity index is 1.85. The molecule has 1 amide bonds. The van der Waals surface area contributed by atoms with Crippen LogP contribution >= 0.6 is 0 Å². The summed E-state index contributed by atoms with van der Waals surface area (Å²) in [6.45, 7) is 0. The molecule has 0 unspecified atom stereocenters. The van der Waals surface area contributed by atoms with Crippen molar-refractivity contribution in [1.82, 2.24) is 19.2 Å². The van der Waals surface area contributed by atoms with Crippen LogP contribution < -0.4 is 5.48 Å². The molecule has 0 spiro atoms. The van der Waals surface area contributed by atoms with Crippen molar-refractivity contribution in [3.05, 3.63) is 66.6 Å². The van der Waals surface area contributed by atoms with E-state index in [0.29, 0.717) is 5.56 Å². The monoisotopic (exact) mass is 372 g/mol. The molecule has 2 aromatic heterocycles. The van der Waals surface area contributed by atoms with Gasteiger partial charge in [-0.15, -0.1) is 0 Å². The van der Waals surface area contributed by atoms with Crippen LogP contribution in [0, 0.1) is 0 Å². The Morgan fingerprint density at radius 3 is 2.50 bits per heavy atom. The van der Waals surface area contributed by atoms with Gasteiger partial charge in [-0.3, -0.25) is 14.7 Å². The molecule has 9 heteroatoms. The zero-order valence-corrected chi connectivity index (χ0v) is 14.6. The number of hydrogen-bond acceptors (Lipinski definition) is 5. The molecular weight excluding hydrogens is 356 g/mol. The van der Waals surface area contributed by atoms with Gasteiger partial charge in [-0.1, -0.05) is 12.1 Å². The van der Waals surface area contributed by atoms with Crippen molar-refractivity contribution >= 4 is 22.0 Å². The van der Waals surface area contributed by atoms with E-state index in [0.717, 1.165) is 21.3 Å². The van der Waals surface area contributed by atoms with E-state index in [2.05, 4.69) is 5.10 Å². The number of amides is 1. The summed E-state index contributed by atoms with van der Waals surface area (Å²) in [7, 11) is -1.94. The summed E-state index contributed by atoms with van der Waals surface area (Å²) in [6.07, 6.45) is 7.06. The van der Waals surface area contributed by atoms with Gasteiger partial charge in [0.25, 0.3) is 15.9 Å². The lowest BCUT2D eigenvalue weighted by atomic mass is 10.2. The Labute approximate surface area is 150 Å². The van der Waals surface area contributed by atoms with Gasteiger partial charge in [-0.05, 0) is 35.9 Å². The van der Waals surface area contributed by atoms with Crippen LogP contribution in [0.2, 0.25) is 0 Å². The fourth-order valence-electron chi connectivity index (χ4n) is 2.34. The number of benzene rings is 1. The third-order valence-corrected chi connectivity index (χ3v) is 5.32. The fraction of sp³-hybridized carbons (Fsp3) is 0.0588. The lowest BCUT2D eigenvalue weighted by Gasteiger charge is -2.06. The molecule has 0 atom stereocenters. The Morgan fingerprint density at radius 2 is 1.88 bits per heavy atom. The first kappa shape index (κ1) is 17.6. The quantitative estimate of drug-likeness (QED) is 0.402. The largest absolute Gasteiger partial charge is 0.288 e. The normalized spacial score (nSPS) is 11.8. The second-order valence-electron chi connectivity index (χ2n) is 5.49. The number of nitrogens with zero attached hydrogens (tertiary/aromatic N) is 3. The van der Waals surface area contributed by atoms with Crippen molar-refractivity contribution in [2.45, 2.75) is 4.90 Å². The number of hydroxylamine groups is 1. The summed E-state index contributed by atoms with van der Waals surface area (Å²) in [5.74, 6) is -0.703. The van der Waals surface area contributed by atoms with Crippen LogP contribution in [0.3, 0.4) is 0 Å². The van der Waals surface area contributed by atoms with Gasteiger partial charge in [-0.25, -0.2) is 17.9 Å². The molecular formula is C17H16N4O4S. The number of nitrogens with one attached hydrogen (secondary N) is 1. The molecule has 8 nitrogen and oxygen atoms in total. The number of carbonyl (C=O) groups is 1. The van der Waals surface area contributed by atoms with E-state index in [1.165, 1.54) is 36.1 Å². The summed E-state index contributed by atoms with van der Waals surface area (Å²) < 4.78 is 28.1. The highest BCUT2D eigenvalue weighted by atomic mass is 32.2. The number of carbonyl (C=O) groups excluding carboxylic acids is 1. The van der Waals surface area contributed by atoms with Crippen LogP contribution in [-0.2, 0) is 21.9 Å². The summed E-state index contributed by atoms with van der Waals surface area (Å²) in [4.78, 5) is 11.1. The molecule has 0 aliphatic rings. The van der Waals surface area contributed by atoms with Crippen molar-refractivity contribution in [1.29, 1.82) is 0 Å². The van der Waals surface area contributed by atoms with E-state index in [1.54, 1.807) is 22.9 Å². The van der Waals surface area contributed by atoms with Crippen molar-refractivity contribution in [2.75, 3.05) is 0 Å². The minimum absolute atomic E-state index is 0.136. The summed E-state index contributed by atoms with van der Waals surface area (Å²) >= 11 is 0. The van der Waals surface area contributed by atoms with Gasteiger partial charge >= 0.3 is 0 Å². The van der Waals surface area contributed by atoms with Gasteiger partial charge in [0.1, 0.15) is 0 Å². The van der Waals surface area contributed by atoms with Crippen LogP contribution in [0.1, 0.15) is 5.56 Å². The molecule has 0 saturated heterocycles. The third-order valence-electron chi connectivity index (χ3n) is 3.67. The van der Waals surface area contributed by atoms with Gasteiger partial charge in [0, 0.05) is 37.3 Å². The number of hydrogen-bond donors (Lipinski definition) is 2. The van der Waals surface area contributed by atoms with Crippen molar-refractivity contribution in [3.8, 4) is 11.3 Å². The van der Waals surface area contributed by atoms with Gasteiger partial charge in [0.2, 0.25) is 0 Å². The predicted octanol–water partition coefficient (Wildman–Crippen LogP) is 1.64. The van der Waals surface area contributed by atoms with E-state index < -0.39 is 15.9 Å². The Morgan fingerprint density at radius 1 is 1.15 bits per heavy atom. The van der Waals surface area contributed by atoms with Crippen molar-refractivity contribution < 1.29 is 18.4 Å². The van der Waals surface area contributed by atoms with Gasteiger partial charge < -0.3 is 0 Å². The molecule has 0 bridgehead atoms. The van der Waals surface area contributed by atoms with E-state index >= 15 is 0 Å². The number of rotatable bonds is 5. The van der Waals surface area contributed by atoms with E-state index in [1.807, 2.05) is 19.3 Å². The topological polar surface area (TPSA) is 106 Å². The standard InChI is InChI=1S/C17H16N4O4S/c1-20-10-9-16(18-20)14-3-5-15(6-4-14)26(24,25)21-11-8-13(12-21)2-7-17(22)19-23/h2-12,23H,1H3,(H,19,22). The zero-order valence-electron chi connectivity index (χ0n) is 13.8. The maximum Gasteiger partial charge on any atom is 0.267 e. The van der Waals surface area contributed by atoms with Crippen LogP contribution in [-0.4, -0.2) is 33.3 Å². The van der Waals surface area contributed by atoms with Gasteiger partial charge in [-0.2, -0.15) is 5.10 Å². The summed E-state index contributed by atoms with van der Waals surface area (Å²) in [5, 5.41) is 12.7. The molecule has 0 aliphatic carbocycles. The maximum absolute atomic E-state index is 12.7. The van der Waals surface area contributed by atoms with Crippen LogP contribution in [0.4, 0.5) is 0 Å². The second kappa shape index (κ2) is 6.98. The molecule has 2 N–H and O–H groups in total. The molecule has 3 rings (SSSR count). The summed E-state index contributed by atoms with van der Waals surface area (Å²) in [5.41, 5.74) is 3.54. The highest BCUT2D eigenvalue weighted by molar-refractivity contribution is 7.90. The second-order valence-corrected chi connectivity index (χ2v) is 7.33. The third kappa shape index (κ3) is 3.58. The highest BCUT2D eigenvalue weighted by Gasteiger charge is 2.16. The highest BCUT2D eigenvalue weighted by Crippen LogP contribution is 2.21.